The Morgan fingerprint density at radius 2 is 2.05 bits per heavy atom. The smallest absolute Gasteiger partial charge is 0.416 e. The van der Waals surface area contributed by atoms with Gasteiger partial charge in [-0.05, 0) is 30.0 Å². The van der Waals surface area contributed by atoms with Crippen molar-refractivity contribution in [3.8, 4) is 0 Å². The van der Waals surface area contributed by atoms with Crippen LogP contribution in [0.2, 0.25) is 0 Å². The SMILES string of the molecule is Cc1nnc(Sc2ccc(C(F)(F)F)cc2C(=N)N)o1. The summed E-state index contributed by atoms with van der Waals surface area (Å²) in [6, 6.07) is 2.97. The van der Waals surface area contributed by atoms with E-state index in [0.717, 1.165) is 23.9 Å². The summed E-state index contributed by atoms with van der Waals surface area (Å²) in [5.74, 6) is -0.126. The number of halogens is 3. The molecule has 0 spiro atoms. The molecule has 5 nitrogen and oxygen atoms in total. The first-order valence-corrected chi connectivity index (χ1v) is 6.12. The van der Waals surface area contributed by atoms with Crippen LogP contribution in [-0.2, 0) is 6.18 Å². The summed E-state index contributed by atoms with van der Waals surface area (Å²) in [6.07, 6.45) is -4.49. The Balaban J connectivity index is 2.40. The second kappa shape index (κ2) is 5.16. The van der Waals surface area contributed by atoms with Gasteiger partial charge >= 0.3 is 6.18 Å². The van der Waals surface area contributed by atoms with Gasteiger partial charge in [-0.3, -0.25) is 5.41 Å². The molecule has 0 unspecified atom stereocenters. The minimum absolute atomic E-state index is 0.0271. The molecule has 1 aromatic carbocycles. The lowest BCUT2D eigenvalue weighted by Gasteiger charge is -2.11. The van der Waals surface area contributed by atoms with Crippen molar-refractivity contribution < 1.29 is 17.6 Å². The molecule has 0 bridgehead atoms. The van der Waals surface area contributed by atoms with Crippen LogP contribution >= 0.6 is 11.8 Å². The van der Waals surface area contributed by atoms with E-state index in [4.69, 9.17) is 15.6 Å². The number of hydrogen-bond donors (Lipinski definition) is 2. The van der Waals surface area contributed by atoms with Crippen molar-refractivity contribution in [3.63, 3.8) is 0 Å². The molecule has 0 aliphatic heterocycles. The first-order valence-electron chi connectivity index (χ1n) is 5.31. The van der Waals surface area contributed by atoms with Gasteiger partial charge in [0.25, 0.3) is 5.22 Å². The van der Waals surface area contributed by atoms with Crippen LogP contribution in [0.3, 0.4) is 0 Å². The van der Waals surface area contributed by atoms with Crippen LogP contribution in [0.5, 0.6) is 0 Å². The Labute approximate surface area is 115 Å². The van der Waals surface area contributed by atoms with Gasteiger partial charge in [-0.25, -0.2) is 0 Å². The number of nitrogen functional groups attached to an aromatic ring is 1. The van der Waals surface area contributed by atoms with E-state index in [1.807, 2.05) is 0 Å². The van der Waals surface area contributed by atoms with Gasteiger partial charge in [0.1, 0.15) is 5.84 Å². The van der Waals surface area contributed by atoms with Gasteiger partial charge in [-0.15, -0.1) is 10.2 Å². The van der Waals surface area contributed by atoms with Crippen LogP contribution in [0.4, 0.5) is 13.2 Å². The molecule has 0 saturated heterocycles. The predicted octanol–water partition coefficient (Wildman–Crippen LogP) is 2.83. The second-order valence-electron chi connectivity index (χ2n) is 3.81. The molecule has 0 aliphatic carbocycles. The molecule has 0 amide bonds. The molecule has 0 atom stereocenters. The Bertz CT molecular complexity index is 653. The maximum absolute atomic E-state index is 12.6. The van der Waals surface area contributed by atoms with Crippen molar-refractivity contribution >= 4 is 17.6 Å². The number of benzene rings is 1. The largest absolute Gasteiger partial charge is 0.416 e. The third-order valence-electron chi connectivity index (χ3n) is 2.30. The summed E-state index contributed by atoms with van der Waals surface area (Å²) in [5, 5.41) is 14.9. The van der Waals surface area contributed by atoms with E-state index in [1.165, 1.54) is 6.07 Å². The maximum atomic E-state index is 12.6. The Morgan fingerprint density at radius 3 is 2.55 bits per heavy atom. The number of amidine groups is 1. The zero-order chi connectivity index (χ0) is 14.9. The van der Waals surface area contributed by atoms with E-state index < -0.39 is 17.6 Å². The average Bonchev–Trinajstić information content (AvgIpc) is 2.73. The van der Waals surface area contributed by atoms with E-state index in [0.29, 0.717) is 10.8 Å². The fourth-order valence-electron chi connectivity index (χ4n) is 1.42. The van der Waals surface area contributed by atoms with Crippen molar-refractivity contribution in [3.05, 3.63) is 35.2 Å². The highest BCUT2D eigenvalue weighted by Gasteiger charge is 2.31. The van der Waals surface area contributed by atoms with Gasteiger partial charge in [0.05, 0.1) is 5.56 Å². The van der Waals surface area contributed by atoms with E-state index in [9.17, 15) is 13.2 Å². The molecule has 0 saturated carbocycles. The monoisotopic (exact) mass is 302 g/mol. The normalized spacial score (nSPS) is 11.6. The molecular formula is C11H9F3N4OS. The maximum Gasteiger partial charge on any atom is 0.416 e. The molecule has 1 heterocycles. The summed E-state index contributed by atoms with van der Waals surface area (Å²) < 4.78 is 43.0. The third kappa shape index (κ3) is 3.10. The number of rotatable bonds is 3. The van der Waals surface area contributed by atoms with Gasteiger partial charge in [-0.2, -0.15) is 13.2 Å². The lowest BCUT2D eigenvalue weighted by Crippen LogP contribution is -2.14. The Kier molecular flexibility index (Phi) is 3.71. The minimum Gasteiger partial charge on any atom is -0.416 e. The van der Waals surface area contributed by atoms with Crippen LogP contribution in [0, 0.1) is 12.3 Å². The minimum atomic E-state index is -4.49. The second-order valence-corrected chi connectivity index (χ2v) is 4.80. The number of alkyl halides is 3. The van der Waals surface area contributed by atoms with Crippen molar-refractivity contribution in [1.82, 2.24) is 10.2 Å². The number of aryl methyl sites for hydroxylation is 1. The number of nitrogens with zero attached hydrogens (tertiary/aromatic N) is 2. The van der Waals surface area contributed by atoms with Crippen molar-refractivity contribution in [2.75, 3.05) is 0 Å². The van der Waals surface area contributed by atoms with Crippen molar-refractivity contribution in [1.29, 1.82) is 5.41 Å². The fraction of sp³-hybridized carbons (Fsp3) is 0.182. The summed E-state index contributed by atoms with van der Waals surface area (Å²) in [4.78, 5) is 0.342. The van der Waals surface area contributed by atoms with Crippen LogP contribution < -0.4 is 5.73 Å². The first-order chi connectivity index (χ1) is 9.27. The fourth-order valence-corrected chi connectivity index (χ4v) is 2.27. The molecule has 0 radical (unpaired) electrons. The molecule has 2 aromatic rings. The van der Waals surface area contributed by atoms with Crippen molar-refractivity contribution in [2.24, 2.45) is 5.73 Å². The summed E-state index contributed by atoms with van der Waals surface area (Å²) >= 11 is 0.954. The van der Waals surface area contributed by atoms with Crippen LogP contribution in [0.1, 0.15) is 17.0 Å². The lowest BCUT2D eigenvalue weighted by molar-refractivity contribution is -0.137. The Hall–Kier alpha value is -2.03. The molecule has 2 rings (SSSR count). The molecular weight excluding hydrogens is 293 g/mol. The van der Waals surface area contributed by atoms with E-state index in [1.54, 1.807) is 6.92 Å². The molecule has 106 valence electrons. The predicted molar refractivity (Wildman–Crippen MR) is 65.6 cm³/mol. The summed E-state index contributed by atoms with van der Waals surface area (Å²) in [7, 11) is 0. The number of nitrogens with one attached hydrogen (secondary N) is 1. The van der Waals surface area contributed by atoms with Crippen LogP contribution in [0.25, 0.3) is 0 Å². The molecule has 0 aliphatic rings. The van der Waals surface area contributed by atoms with Crippen LogP contribution in [-0.4, -0.2) is 16.0 Å². The molecule has 20 heavy (non-hydrogen) atoms. The quantitative estimate of drug-likeness (QED) is 0.672. The van der Waals surface area contributed by atoms with Gasteiger partial charge in [0, 0.05) is 17.4 Å². The molecule has 3 N–H and O–H groups in total. The first kappa shape index (κ1) is 14.4. The van der Waals surface area contributed by atoms with Gasteiger partial charge in [0.15, 0.2) is 0 Å². The van der Waals surface area contributed by atoms with E-state index in [2.05, 4.69) is 10.2 Å². The lowest BCUT2D eigenvalue weighted by atomic mass is 10.1. The summed E-state index contributed by atoms with van der Waals surface area (Å²) in [5.41, 5.74) is 4.43. The average molecular weight is 302 g/mol. The zero-order valence-corrected chi connectivity index (χ0v) is 11.0. The summed E-state index contributed by atoms with van der Waals surface area (Å²) in [6.45, 7) is 1.59. The highest BCUT2D eigenvalue weighted by atomic mass is 32.2. The van der Waals surface area contributed by atoms with Gasteiger partial charge in [0.2, 0.25) is 5.89 Å². The van der Waals surface area contributed by atoms with E-state index >= 15 is 0 Å². The van der Waals surface area contributed by atoms with Crippen molar-refractivity contribution in [2.45, 2.75) is 23.2 Å². The van der Waals surface area contributed by atoms with E-state index in [-0.39, 0.29) is 10.8 Å². The topological polar surface area (TPSA) is 88.8 Å². The van der Waals surface area contributed by atoms with Gasteiger partial charge in [-0.1, -0.05) is 0 Å². The van der Waals surface area contributed by atoms with Gasteiger partial charge < -0.3 is 10.2 Å². The molecule has 9 heteroatoms. The molecule has 1 aromatic heterocycles. The highest BCUT2D eigenvalue weighted by molar-refractivity contribution is 7.99. The molecule has 0 fully saturated rings. The Morgan fingerprint density at radius 1 is 1.35 bits per heavy atom. The third-order valence-corrected chi connectivity index (χ3v) is 3.22. The number of aromatic nitrogens is 2. The highest BCUT2D eigenvalue weighted by Crippen LogP contribution is 2.35. The zero-order valence-electron chi connectivity index (χ0n) is 10.2. The standard InChI is InChI=1S/C11H9F3N4OS/c1-5-17-18-10(19-5)20-8-3-2-6(11(12,13)14)4-7(8)9(15)16/h2-4H,1H3,(H3,15,16). The van der Waals surface area contributed by atoms with Crippen LogP contribution in [0.15, 0.2) is 32.7 Å². The number of hydrogen-bond acceptors (Lipinski definition) is 5. The number of nitrogens with two attached hydrogens (primary N) is 1.